The van der Waals surface area contributed by atoms with Gasteiger partial charge in [0.25, 0.3) is 0 Å². The van der Waals surface area contributed by atoms with Crippen LogP contribution < -0.4 is 5.32 Å². The van der Waals surface area contributed by atoms with E-state index in [0.717, 1.165) is 23.1 Å². The van der Waals surface area contributed by atoms with Crippen molar-refractivity contribution in [2.24, 2.45) is 0 Å². The van der Waals surface area contributed by atoms with E-state index in [1.165, 1.54) is 5.56 Å². The molecule has 2 amide bonds. The molecule has 2 atom stereocenters. The predicted molar refractivity (Wildman–Crippen MR) is 119 cm³/mol. The molecule has 0 radical (unpaired) electrons. The second kappa shape index (κ2) is 10.8. The van der Waals surface area contributed by atoms with Gasteiger partial charge in [0.05, 0.1) is 6.42 Å². The largest absolute Gasteiger partial charge is 0.352 e. The van der Waals surface area contributed by atoms with Crippen LogP contribution in [0.15, 0.2) is 48.5 Å². The fourth-order valence-corrected chi connectivity index (χ4v) is 3.23. The molecule has 0 aromatic heterocycles. The third-order valence-electron chi connectivity index (χ3n) is 5.34. The highest BCUT2D eigenvalue weighted by molar-refractivity contribution is 5.88. The number of aryl methyl sites for hydroxylation is 2. The van der Waals surface area contributed by atoms with E-state index < -0.39 is 6.04 Å². The predicted octanol–water partition coefficient (Wildman–Crippen LogP) is 4.57. The summed E-state index contributed by atoms with van der Waals surface area (Å²) in [5.74, 6) is -0.105. The lowest BCUT2D eigenvalue weighted by Crippen LogP contribution is -2.51. The molecule has 0 bridgehead atoms. The van der Waals surface area contributed by atoms with E-state index in [9.17, 15) is 9.59 Å². The zero-order valence-electron chi connectivity index (χ0n) is 18.4. The molecule has 0 heterocycles. The Balaban J connectivity index is 2.26. The average Bonchev–Trinajstić information content (AvgIpc) is 2.70. The third kappa shape index (κ3) is 6.74. The minimum absolute atomic E-state index is 0.0272. The SMILES string of the molecule is CC[C@@H](C)NC(=O)[C@@H](CC)N(Cc1ccc(C)cc1)C(=O)Cc1ccc(C)cc1. The molecule has 1 N–H and O–H groups in total. The van der Waals surface area contributed by atoms with Crippen LogP contribution in [0.1, 0.15) is 55.9 Å². The number of nitrogens with one attached hydrogen (secondary N) is 1. The van der Waals surface area contributed by atoms with Gasteiger partial charge in [-0.25, -0.2) is 0 Å². The van der Waals surface area contributed by atoms with Crippen molar-refractivity contribution in [1.82, 2.24) is 10.2 Å². The van der Waals surface area contributed by atoms with Crippen LogP contribution in [0.2, 0.25) is 0 Å². The second-order valence-corrected chi connectivity index (χ2v) is 7.91. The number of rotatable bonds is 9. The molecule has 2 aromatic rings. The highest BCUT2D eigenvalue weighted by atomic mass is 16.2. The van der Waals surface area contributed by atoms with Crippen LogP contribution >= 0.6 is 0 Å². The Bertz CT molecular complexity index is 797. The number of carbonyl (C=O) groups excluding carboxylic acids is 2. The summed E-state index contributed by atoms with van der Waals surface area (Å²) in [5, 5.41) is 3.05. The highest BCUT2D eigenvalue weighted by Crippen LogP contribution is 2.16. The number of benzene rings is 2. The maximum absolute atomic E-state index is 13.3. The minimum Gasteiger partial charge on any atom is -0.352 e. The van der Waals surface area contributed by atoms with Gasteiger partial charge in [-0.2, -0.15) is 0 Å². The summed E-state index contributed by atoms with van der Waals surface area (Å²) < 4.78 is 0. The standard InChI is InChI=1S/C25H34N2O2/c1-6-20(5)26-25(29)23(7-2)27(17-22-14-10-19(4)11-15-22)24(28)16-21-12-8-18(3)9-13-21/h8-15,20,23H,6-7,16-17H2,1-5H3,(H,26,29)/t20-,23-/m1/s1. The van der Waals surface area contributed by atoms with Crippen molar-refractivity contribution < 1.29 is 9.59 Å². The third-order valence-corrected chi connectivity index (χ3v) is 5.34. The lowest BCUT2D eigenvalue weighted by molar-refractivity contribution is -0.141. The Labute approximate surface area is 175 Å². The first-order valence-corrected chi connectivity index (χ1v) is 10.5. The summed E-state index contributed by atoms with van der Waals surface area (Å²) in [5.41, 5.74) is 4.33. The van der Waals surface area contributed by atoms with Gasteiger partial charge in [-0.3, -0.25) is 9.59 Å². The van der Waals surface area contributed by atoms with Crippen molar-refractivity contribution in [3.8, 4) is 0 Å². The molecule has 0 aliphatic carbocycles. The summed E-state index contributed by atoms with van der Waals surface area (Å²) in [4.78, 5) is 27.9. The van der Waals surface area contributed by atoms with Crippen molar-refractivity contribution in [2.45, 2.75) is 72.5 Å². The summed E-state index contributed by atoms with van der Waals surface area (Å²) >= 11 is 0. The number of hydrogen-bond donors (Lipinski definition) is 1. The molecule has 0 saturated carbocycles. The van der Waals surface area contributed by atoms with E-state index in [0.29, 0.717) is 19.4 Å². The second-order valence-electron chi connectivity index (χ2n) is 7.91. The van der Waals surface area contributed by atoms with E-state index in [2.05, 4.69) is 5.32 Å². The average molecular weight is 395 g/mol. The molecular formula is C25H34N2O2. The molecule has 29 heavy (non-hydrogen) atoms. The van der Waals surface area contributed by atoms with Crippen LogP contribution in [0.25, 0.3) is 0 Å². The Kier molecular flexibility index (Phi) is 8.44. The number of amides is 2. The number of nitrogens with zero attached hydrogens (tertiary/aromatic N) is 1. The molecule has 0 unspecified atom stereocenters. The lowest BCUT2D eigenvalue weighted by Gasteiger charge is -2.31. The van der Waals surface area contributed by atoms with E-state index in [-0.39, 0.29) is 17.9 Å². The molecule has 0 aliphatic heterocycles. The number of hydrogen-bond acceptors (Lipinski definition) is 2. The van der Waals surface area contributed by atoms with Gasteiger partial charge >= 0.3 is 0 Å². The molecule has 4 heteroatoms. The van der Waals surface area contributed by atoms with Crippen LogP contribution in [0, 0.1) is 13.8 Å². The zero-order valence-corrected chi connectivity index (χ0v) is 18.4. The van der Waals surface area contributed by atoms with E-state index >= 15 is 0 Å². The van der Waals surface area contributed by atoms with Crippen molar-refractivity contribution >= 4 is 11.8 Å². The first-order chi connectivity index (χ1) is 13.8. The number of carbonyl (C=O) groups is 2. The van der Waals surface area contributed by atoms with Crippen molar-refractivity contribution in [2.75, 3.05) is 0 Å². The first-order valence-electron chi connectivity index (χ1n) is 10.5. The molecule has 0 spiro atoms. The summed E-state index contributed by atoms with van der Waals surface area (Å²) in [6, 6.07) is 15.7. The normalized spacial score (nSPS) is 12.9. The van der Waals surface area contributed by atoms with Crippen LogP contribution in [0.4, 0.5) is 0 Å². The molecule has 156 valence electrons. The van der Waals surface area contributed by atoms with Gasteiger partial charge in [-0.15, -0.1) is 0 Å². The Hall–Kier alpha value is -2.62. The van der Waals surface area contributed by atoms with Crippen LogP contribution in [0.3, 0.4) is 0 Å². The van der Waals surface area contributed by atoms with E-state index in [1.54, 1.807) is 4.90 Å². The first kappa shape index (κ1) is 22.7. The van der Waals surface area contributed by atoms with Gasteiger partial charge in [-0.05, 0) is 44.7 Å². The van der Waals surface area contributed by atoms with E-state index in [1.807, 2.05) is 83.1 Å². The van der Waals surface area contributed by atoms with Gasteiger partial charge in [0.2, 0.25) is 11.8 Å². The summed E-state index contributed by atoms with van der Waals surface area (Å²) in [7, 11) is 0. The molecule has 4 nitrogen and oxygen atoms in total. The summed E-state index contributed by atoms with van der Waals surface area (Å²) in [6.45, 7) is 10.5. The summed E-state index contributed by atoms with van der Waals surface area (Å²) in [6.07, 6.45) is 1.73. The quantitative estimate of drug-likeness (QED) is 0.677. The molecule has 2 aromatic carbocycles. The smallest absolute Gasteiger partial charge is 0.243 e. The Morgan fingerprint density at radius 3 is 1.86 bits per heavy atom. The van der Waals surface area contributed by atoms with Gasteiger partial charge in [-0.1, -0.05) is 73.5 Å². The van der Waals surface area contributed by atoms with E-state index in [4.69, 9.17) is 0 Å². The molecular weight excluding hydrogens is 360 g/mol. The molecule has 0 aliphatic rings. The fourth-order valence-electron chi connectivity index (χ4n) is 3.23. The topological polar surface area (TPSA) is 49.4 Å². The van der Waals surface area contributed by atoms with Gasteiger partial charge in [0, 0.05) is 12.6 Å². The fraction of sp³-hybridized carbons (Fsp3) is 0.440. The molecule has 0 saturated heterocycles. The van der Waals surface area contributed by atoms with Crippen LogP contribution in [-0.2, 0) is 22.6 Å². The Morgan fingerprint density at radius 1 is 0.862 bits per heavy atom. The van der Waals surface area contributed by atoms with Crippen molar-refractivity contribution in [3.63, 3.8) is 0 Å². The molecule has 0 fully saturated rings. The maximum Gasteiger partial charge on any atom is 0.243 e. The Morgan fingerprint density at radius 2 is 1.38 bits per heavy atom. The highest BCUT2D eigenvalue weighted by Gasteiger charge is 2.29. The lowest BCUT2D eigenvalue weighted by atomic mass is 10.0. The van der Waals surface area contributed by atoms with Crippen LogP contribution in [0.5, 0.6) is 0 Å². The maximum atomic E-state index is 13.3. The molecule has 2 rings (SSSR count). The minimum atomic E-state index is -0.483. The zero-order chi connectivity index (χ0) is 21.4. The van der Waals surface area contributed by atoms with Crippen LogP contribution in [-0.4, -0.2) is 28.8 Å². The van der Waals surface area contributed by atoms with Gasteiger partial charge < -0.3 is 10.2 Å². The monoisotopic (exact) mass is 394 g/mol. The van der Waals surface area contributed by atoms with Gasteiger partial charge in [0.1, 0.15) is 6.04 Å². The van der Waals surface area contributed by atoms with Crippen molar-refractivity contribution in [1.29, 1.82) is 0 Å². The van der Waals surface area contributed by atoms with Gasteiger partial charge in [0.15, 0.2) is 0 Å². The van der Waals surface area contributed by atoms with Crippen molar-refractivity contribution in [3.05, 3.63) is 70.8 Å².